The zero-order valence-corrected chi connectivity index (χ0v) is 32.9. The molecule has 0 aliphatic rings. The Morgan fingerprint density at radius 2 is 1.67 bits per heavy atom. The van der Waals surface area contributed by atoms with Gasteiger partial charge in [-0.2, -0.15) is 0 Å². The summed E-state index contributed by atoms with van der Waals surface area (Å²) in [6, 6.07) is 25.2. The summed E-state index contributed by atoms with van der Waals surface area (Å²) in [5.74, 6) is -0.0632. The average Bonchev–Trinajstić information content (AvgIpc) is 3.20. The van der Waals surface area contributed by atoms with E-state index in [9.17, 15) is 24.6 Å². The van der Waals surface area contributed by atoms with E-state index in [1.807, 2.05) is 67.6 Å². The lowest BCUT2D eigenvalue weighted by molar-refractivity contribution is 0.0951. The Hall–Kier alpha value is -5.89. The van der Waals surface area contributed by atoms with Gasteiger partial charge in [0, 0.05) is 63.2 Å². The number of H-pyrrole nitrogens is 1. The van der Waals surface area contributed by atoms with Crippen LogP contribution in [0.5, 0.6) is 11.5 Å². The number of rotatable bonds is 19. The molecule has 4 aromatic carbocycles. The molecule has 2 heterocycles. The highest BCUT2D eigenvalue weighted by Gasteiger charge is 2.17. The number of carbonyl (C=O) groups excluding carboxylic acids is 2. The average molecular weight is 789 g/mol. The molecule has 0 saturated carbocycles. The Labute approximate surface area is 335 Å². The molecule has 0 saturated heterocycles. The predicted octanol–water partition coefficient (Wildman–Crippen LogP) is 7.49. The second-order valence-corrected chi connectivity index (χ2v) is 15.1. The SMILES string of the molecule is COc1cccc(Nc2c(C(N)=O)cnc3c(C)cc(Sc4cccc(C(=O)NCCCCCCCCNC[C@H](O)c5ccc(O)c6[nH]c(=O)ccc56)c4)cc23)c1. The number of benzene rings is 4. The van der Waals surface area contributed by atoms with Crippen LogP contribution in [0.25, 0.3) is 21.8 Å². The van der Waals surface area contributed by atoms with Gasteiger partial charge < -0.3 is 41.6 Å². The number of aromatic amines is 1. The number of hydrogen-bond acceptors (Lipinski definition) is 10. The number of aromatic nitrogens is 2. The van der Waals surface area contributed by atoms with E-state index < -0.39 is 12.0 Å². The van der Waals surface area contributed by atoms with Crippen LogP contribution in [0.3, 0.4) is 0 Å². The lowest BCUT2D eigenvalue weighted by Gasteiger charge is -2.16. The standard InChI is InChI=1S/C44H48N6O6S/c1-27-21-32(24-35-40(27)48-25-36(43(45)54)41(35)49-29-12-10-13-30(23-29)56-2)57-31-14-9-11-28(22-31)44(55)47-20-8-6-4-3-5-7-19-46-26-38(52)33-15-17-37(51)42-34(33)16-18-39(53)50-42/h9-18,21-25,38,46,51-52H,3-8,19-20,26H2,1-2H3,(H2,45,54)(H,47,55)(H,48,49)(H,50,53)/t38-/m0/s1. The van der Waals surface area contributed by atoms with Crippen LogP contribution in [0.15, 0.2) is 106 Å². The van der Waals surface area contributed by atoms with Crippen molar-refractivity contribution in [2.24, 2.45) is 5.73 Å². The summed E-state index contributed by atoms with van der Waals surface area (Å²) in [5, 5.41) is 31.9. The molecule has 2 aromatic heterocycles. The third-order valence-electron chi connectivity index (χ3n) is 9.74. The number of fused-ring (bicyclic) bond motifs is 2. The van der Waals surface area contributed by atoms with Gasteiger partial charge in [0.25, 0.3) is 11.8 Å². The van der Waals surface area contributed by atoms with Crippen molar-refractivity contribution < 1.29 is 24.5 Å². The quantitative estimate of drug-likeness (QED) is 0.0405. The molecule has 8 N–H and O–H groups in total. The number of primary amides is 1. The summed E-state index contributed by atoms with van der Waals surface area (Å²) in [7, 11) is 1.60. The maximum absolute atomic E-state index is 13.1. The van der Waals surface area contributed by atoms with Crippen molar-refractivity contribution in [3.8, 4) is 11.5 Å². The molecule has 0 radical (unpaired) electrons. The van der Waals surface area contributed by atoms with Gasteiger partial charge in [0.15, 0.2) is 0 Å². The highest BCUT2D eigenvalue weighted by molar-refractivity contribution is 7.99. The number of aryl methyl sites for hydroxylation is 1. The van der Waals surface area contributed by atoms with E-state index in [4.69, 9.17) is 10.5 Å². The van der Waals surface area contributed by atoms with E-state index in [0.29, 0.717) is 46.6 Å². The molecule has 6 aromatic rings. The number of aliphatic hydroxyl groups excluding tert-OH is 1. The fraction of sp³-hybridized carbons (Fsp3) is 0.273. The first-order valence-corrected chi connectivity index (χ1v) is 19.9. The summed E-state index contributed by atoms with van der Waals surface area (Å²) in [4.78, 5) is 46.2. The van der Waals surface area contributed by atoms with Crippen molar-refractivity contribution in [1.29, 1.82) is 0 Å². The highest BCUT2D eigenvalue weighted by Crippen LogP contribution is 2.37. The summed E-state index contributed by atoms with van der Waals surface area (Å²) >= 11 is 1.52. The van der Waals surface area contributed by atoms with Gasteiger partial charge in [-0.05, 0) is 92.0 Å². The second kappa shape index (κ2) is 19.3. The Morgan fingerprint density at radius 1 is 0.895 bits per heavy atom. The van der Waals surface area contributed by atoms with Crippen molar-refractivity contribution in [3.05, 3.63) is 124 Å². The number of carbonyl (C=O) groups is 2. The van der Waals surface area contributed by atoms with E-state index in [-0.39, 0.29) is 22.8 Å². The molecular weight excluding hydrogens is 741 g/mol. The number of unbranched alkanes of at least 4 members (excludes halogenated alkanes) is 5. The van der Waals surface area contributed by atoms with Gasteiger partial charge in [0.1, 0.15) is 11.5 Å². The van der Waals surface area contributed by atoms with Crippen LogP contribution in [0.2, 0.25) is 0 Å². The van der Waals surface area contributed by atoms with Crippen molar-refractivity contribution in [2.75, 3.05) is 32.1 Å². The van der Waals surface area contributed by atoms with Gasteiger partial charge in [-0.15, -0.1) is 0 Å². The molecule has 0 aliphatic carbocycles. The summed E-state index contributed by atoms with van der Waals surface area (Å²) in [6.45, 7) is 3.71. The van der Waals surface area contributed by atoms with Crippen molar-refractivity contribution >= 4 is 56.8 Å². The first-order chi connectivity index (χ1) is 27.6. The zero-order valence-electron chi connectivity index (χ0n) is 32.1. The van der Waals surface area contributed by atoms with Gasteiger partial charge in [0.2, 0.25) is 5.56 Å². The number of amides is 2. The van der Waals surface area contributed by atoms with E-state index in [1.165, 1.54) is 30.1 Å². The number of aromatic hydroxyl groups is 1. The fourth-order valence-corrected chi connectivity index (χ4v) is 7.81. The number of pyridine rings is 2. The lowest BCUT2D eigenvalue weighted by atomic mass is 10.0. The number of phenolic OH excluding ortho intramolecular Hbond substituents is 1. The molecule has 0 aliphatic heterocycles. The number of nitrogens with two attached hydrogens (primary N) is 1. The largest absolute Gasteiger partial charge is 0.506 e. The first-order valence-electron chi connectivity index (χ1n) is 19.1. The number of anilines is 2. The fourth-order valence-electron chi connectivity index (χ4n) is 6.79. The smallest absolute Gasteiger partial charge is 0.252 e. The number of phenols is 1. The monoisotopic (exact) mass is 788 g/mol. The molecule has 1 atom stereocenters. The zero-order chi connectivity index (χ0) is 40.3. The Bertz CT molecular complexity index is 2440. The second-order valence-electron chi connectivity index (χ2n) is 13.9. The Morgan fingerprint density at radius 3 is 2.46 bits per heavy atom. The summed E-state index contributed by atoms with van der Waals surface area (Å²) in [6.07, 6.45) is 6.82. The van der Waals surface area contributed by atoms with Crippen molar-refractivity contribution in [1.82, 2.24) is 20.6 Å². The normalized spacial score (nSPS) is 11.8. The Kier molecular flexibility index (Phi) is 13.8. The Balaban J connectivity index is 0.941. The first kappa shape index (κ1) is 40.8. The molecule has 296 valence electrons. The maximum atomic E-state index is 13.1. The molecule has 57 heavy (non-hydrogen) atoms. The number of aliphatic hydroxyl groups is 1. The minimum Gasteiger partial charge on any atom is -0.506 e. The minimum atomic E-state index is -0.774. The van der Waals surface area contributed by atoms with E-state index >= 15 is 0 Å². The van der Waals surface area contributed by atoms with Crippen LogP contribution in [0, 0.1) is 6.92 Å². The number of methoxy groups -OCH3 is 1. The molecule has 12 nitrogen and oxygen atoms in total. The lowest BCUT2D eigenvalue weighted by Crippen LogP contribution is -2.24. The van der Waals surface area contributed by atoms with Crippen LogP contribution in [-0.4, -0.2) is 58.7 Å². The minimum absolute atomic E-state index is 0.0279. The number of hydrogen-bond donors (Lipinski definition) is 7. The van der Waals surface area contributed by atoms with E-state index in [0.717, 1.165) is 77.0 Å². The summed E-state index contributed by atoms with van der Waals surface area (Å²) in [5.41, 5.74) is 10.3. The van der Waals surface area contributed by atoms with Gasteiger partial charge in [-0.1, -0.05) is 55.6 Å². The van der Waals surface area contributed by atoms with E-state index in [1.54, 1.807) is 19.2 Å². The molecule has 2 amide bonds. The third-order valence-corrected chi connectivity index (χ3v) is 10.7. The van der Waals surface area contributed by atoms with Crippen LogP contribution in [-0.2, 0) is 0 Å². The van der Waals surface area contributed by atoms with Crippen LogP contribution in [0.4, 0.5) is 11.4 Å². The molecule has 0 spiro atoms. The molecule has 6 rings (SSSR count). The van der Waals surface area contributed by atoms with Gasteiger partial charge in [-0.3, -0.25) is 19.4 Å². The molecule has 0 fully saturated rings. The molecular formula is C44H48N6O6S. The summed E-state index contributed by atoms with van der Waals surface area (Å²) < 4.78 is 5.38. The maximum Gasteiger partial charge on any atom is 0.252 e. The molecule has 0 unspecified atom stereocenters. The van der Waals surface area contributed by atoms with E-state index in [2.05, 4.69) is 25.9 Å². The van der Waals surface area contributed by atoms with Crippen LogP contribution in [0.1, 0.15) is 76.5 Å². The van der Waals surface area contributed by atoms with Crippen LogP contribution >= 0.6 is 11.8 Å². The molecule has 0 bridgehead atoms. The third kappa shape index (κ3) is 10.5. The van der Waals surface area contributed by atoms with Gasteiger partial charge in [0.05, 0.1) is 35.5 Å². The predicted molar refractivity (Wildman–Crippen MR) is 226 cm³/mol. The highest BCUT2D eigenvalue weighted by atomic mass is 32.2. The van der Waals surface area contributed by atoms with Crippen molar-refractivity contribution in [2.45, 2.75) is 61.3 Å². The van der Waals surface area contributed by atoms with Gasteiger partial charge in [-0.25, -0.2) is 0 Å². The van der Waals surface area contributed by atoms with Crippen molar-refractivity contribution in [3.63, 3.8) is 0 Å². The van der Waals surface area contributed by atoms with Crippen LogP contribution < -0.4 is 32.0 Å². The number of nitrogens with zero attached hydrogens (tertiary/aromatic N) is 1. The topological polar surface area (TPSA) is 192 Å². The van der Waals surface area contributed by atoms with Gasteiger partial charge >= 0.3 is 0 Å². The molecule has 13 heteroatoms. The number of ether oxygens (including phenoxy) is 1. The number of nitrogens with one attached hydrogen (secondary N) is 4.